The van der Waals surface area contributed by atoms with Crippen LogP contribution in [0.3, 0.4) is 0 Å². The molecule has 0 unspecified atom stereocenters. The van der Waals surface area contributed by atoms with Crippen molar-refractivity contribution in [3.05, 3.63) is 71.0 Å². The van der Waals surface area contributed by atoms with Gasteiger partial charge in [-0.1, -0.05) is 43.3 Å². The van der Waals surface area contributed by atoms with E-state index in [1.807, 2.05) is 6.07 Å². The van der Waals surface area contributed by atoms with Crippen LogP contribution in [0, 0.1) is 5.82 Å². The Bertz CT molecular complexity index is 729. The zero-order chi connectivity index (χ0) is 18.4. The summed E-state index contributed by atoms with van der Waals surface area (Å²) in [7, 11) is 0. The largest absolute Gasteiger partial charge is 0.376 e. The van der Waals surface area contributed by atoms with E-state index in [1.165, 1.54) is 11.6 Å². The maximum atomic E-state index is 13.8. The smallest absolute Gasteiger partial charge is 0.167 e. The molecule has 0 radical (unpaired) electrons. The van der Waals surface area contributed by atoms with Gasteiger partial charge in [-0.3, -0.25) is 0 Å². The van der Waals surface area contributed by atoms with Crippen molar-refractivity contribution in [2.75, 3.05) is 13.2 Å². The highest BCUT2D eigenvalue weighted by Gasteiger charge is 2.18. The third-order valence-corrected chi connectivity index (χ3v) is 4.96. The second-order valence-corrected chi connectivity index (χ2v) is 6.98. The van der Waals surface area contributed by atoms with Gasteiger partial charge in [-0.05, 0) is 60.3 Å². The Morgan fingerprint density at radius 1 is 1.23 bits per heavy atom. The van der Waals surface area contributed by atoms with Crippen molar-refractivity contribution in [3.63, 3.8) is 0 Å². The molecule has 5 heteroatoms. The van der Waals surface area contributed by atoms with Crippen LogP contribution in [0.15, 0.2) is 48.5 Å². The number of rotatable bonds is 6. The molecule has 2 aromatic carbocycles. The number of hydrogen-bond acceptors (Lipinski definition) is 2. The third kappa shape index (κ3) is 5.02. The summed E-state index contributed by atoms with van der Waals surface area (Å²) in [6, 6.07) is 14.8. The van der Waals surface area contributed by atoms with Gasteiger partial charge in [0.05, 0.1) is 12.1 Å². The van der Waals surface area contributed by atoms with Crippen LogP contribution in [-0.4, -0.2) is 24.4 Å². The molecule has 1 heterocycles. The van der Waals surface area contributed by atoms with Crippen LogP contribution in [0.1, 0.15) is 42.5 Å². The van der Waals surface area contributed by atoms with E-state index in [1.54, 1.807) is 12.1 Å². The molecule has 2 aromatic rings. The minimum absolute atomic E-state index is 0.207. The highest BCUT2D eigenvalue weighted by atomic mass is 32.1. The van der Waals surface area contributed by atoms with E-state index in [-0.39, 0.29) is 18.0 Å². The summed E-state index contributed by atoms with van der Waals surface area (Å²) >= 11 is 5.47. The molecule has 26 heavy (non-hydrogen) atoms. The first-order chi connectivity index (χ1) is 12.7. The molecule has 0 amide bonds. The Morgan fingerprint density at radius 2 is 2.04 bits per heavy atom. The summed E-state index contributed by atoms with van der Waals surface area (Å²) in [5.74, 6) is -0.252. The summed E-state index contributed by atoms with van der Waals surface area (Å²) in [6.07, 6.45) is 3.36. The van der Waals surface area contributed by atoms with Gasteiger partial charge >= 0.3 is 0 Å². The molecule has 1 aliphatic heterocycles. The fraction of sp³-hybridized carbons (Fsp3) is 0.381. The van der Waals surface area contributed by atoms with E-state index >= 15 is 0 Å². The standard InChI is InChI=1S/C21H25FN2OS/c1-2-15-8-10-16(11-9-15)20(17-5-3-6-18(22)13-17)24-21(26)23-14-19-7-4-12-25-19/h3,5-6,8-11,13,19-20H,2,4,7,12,14H2,1H3,(H2,23,24,26)/t19-,20+/m0/s1. The van der Waals surface area contributed by atoms with E-state index < -0.39 is 0 Å². The first-order valence-corrected chi connectivity index (χ1v) is 9.57. The molecule has 0 aromatic heterocycles. The van der Waals surface area contributed by atoms with Gasteiger partial charge in [-0.15, -0.1) is 0 Å². The number of aryl methyl sites for hydroxylation is 1. The maximum absolute atomic E-state index is 13.8. The lowest BCUT2D eigenvalue weighted by Gasteiger charge is -2.23. The van der Waals surface area contributed by atoms with Crippen molar-refractivity contribution < 1.29 is 9.13 Å². The average molecular weight is 373 g/mol. The summed E-state index contributed by atoms with van der Waals surface area (Å²) < 4.78 is 19.4. The molecule has 2 atom stereocenters. The fourth-order valence-electron chi connectivity index (χ4n) is 3.19. The Morgan fingerprint density at radius 3 is 2.69 bits per heavy atom. The lowest BCUT2D eigenvalue weighted by molar-refractivity contribution is 0.114. The van der Waals surface area contributed by atoms with Gasteiger partial charge in [0.15, 0.2) is 5.11 Å². The van der Waals surface area contributed by atoms with E-state index in [0.29, 0.717) is 11.7 Å². The monoisotopic (exact) mass is 372 g/mol. The fourth-order valence-corrected chi connectivity index (χ4v) is 3.39. The van der Waals surface area contributed by atoms with Gasteiger partial charge in [0.2, 0.25) is 0 Å². The van der Waals surface area contributed by atoms with Crippen LogP contribution in [0.4, 0.5) is 4.39 Å². The van der Waals surface area contributed by atoms with E-state index in [4.69, 9.17) is 17.0 Å². The summed E-state index contributed by atoms with van der Waals surface area (Å²) in [4.78, 5) is 0. The van der Waals surface area contributed by atoms with Crippen molar-refractivity contribution in [1.29, 1.82) is 0 Å². The van der Waals surface area contributed by atoms with E-state index in [2.05, 4.69) is 41.8 Å². The Labute approximate surface area is 160 Å². The second kappa shape index (κ2) is 9.10. The van der Waals surface area contributed by atoms with Crippen LogP contribution >= 0.6 is 12.2 Å². The molecular formula is C21H25FN2OS. The molecule has 138 valence electrons. The Hall–Kier alpha value is -1.98. The average Bonchev–Trinajstić information content (AvgIpc) is 3.18. The molecule has 1 saturated heterocycles. The van der Waals surface area contributed by atoms with Gasteiger partial charge in [0, 0.05) is 13.2 Å². The summed E-state index contributed by atoms with van der Waals surface area (Å²) in [6.45, 7) is 3.64. The molecule has 1 aliphatic rings. The molecule has 0 spiro atoms. The van der Waals surface area contributed by atoms with Crippen molar-refractivity contribution in [1.82, 2.24) is 10.6 Å². The zero-order valence-corrected chi connectivity index (χ0v) is 15.8. The Balaban J connectivity index is 1.74. The highest BCUT2D eigenvalue weighted by Crippen LogP contribution is 2.23. The normalized spacial score (nSPS) is 17.7. The summed E-state index contributed by atoms with van der Waals surface area (Å²) in [5, 5.41) is 7.12. The molecule has 0 saturated carbocycles. The van der Waals surface area contributed by atoms with Crippen LogP contribution in [0.5, 0.6) is 0 Å². The van der Waals surface area contributed by atoms with Crippen LogP contribution in [-0.2, 0) is 11.2 Å². The predicted molar refractivity (Wildman–Crippen MR) is 107 cm³/mol. The Kier molecular flexibility index (Phi) is 6.58. The van der Waals surface area contributed by atoms with Gasteiger partial charge in [-0.25, -0.2) is 4.39 Å². The van der Waals surface area contributed by atoms with Crippen molar-refractivity contribution >= 4 is 17.3 Å². The van der Waals surface area contributed by atoms with Gasteiger partial charge in [-0.2, -0.15) is 0 Å². The lowest BCUT2D eigenvalue weighted by Crippen LogP contribution is -2.41. The van der Waals surface area contributed by atoms with Crippen LogP contribution in [0.25, 0.3) is 0 Å². The number of ether oxygens (including phenoxy) is 1. The molecule has 3 nitrogen and oxygen atoms in total. The van der Waals surface area contributed by atoms with Gasteiger partial charge < -0.3 is 15.4 Å². The minimum Gasteiger partial charge on any atom is -0.376 e. The molecule has 1 fully saturated rings. The summed E-state index contributed by atoms with van der Waals surface area (Å²) in [5.41, 5.74) is 3.16. The minimum atomic E-state index is -0.252. The molecule has 0 bridgehead atoms. The zero-order valence-electron chi connectivity index (χ0n) is 15.0. The van der Waals surface area contributed by atoms with Crippen LogP contribution < -0.4 is 10.6 Å². The SMILES string of the molecule is CCc1ccc([C@@H](NC(=S)NC[C@@H]2CCCO2)c2cccc(F)c2)cc1. The number of hydrogen-bond donors (Lipinski definition) is 2. The topological polar surface area (TPSA) is 33.3 Å². The van der Waals surface area contributed by atoms with Crippen molar-refractivity contribution in [2.45, 2.75) is 38.3 Å². The second-order valence-electron chi connectivity index (χ2n) is 6.57. The van der Waals surface area contributed by atoms with Crippen molar-refractivity contribution in [2.24, 2.45) is 0 Å². The quantitative estimate of drug-likeness (QED) is 0.748. The van der Waals surface area contributed by atoms with Crippen LogP contribution in [0.2, 0.25) is 0 Å². The lowest BCUT2D eigenvalue weighted by atomic mass is 9.97. The van der Waals surface area contributed by atoms with Gasteiger partial charge in [0.1, 0.15) is 5.82 Å². The maximum Gasteiger partial charge on any atom is 0.167 e. The number of nitrogens with one attached hydrogen (secondary N) is 2. The third-order valence-electron chi connectivity index (χ3n) is 4.69. The van der Waals surface area contributed by atoms with Gasteiger partial charge in [0.25, 0.3) is 0 Å². The van der Waals surface area contributed by atoms with E-state index in [9.17, 15) is 4.39 Å². The molecule has 3 rings (SSSR count). The number of halogens is 1. The molecular weight excluding hydrogens is 347 g/mol. The van der Waals surface area contributed by atoms with E-state index in [0.717, 1.165) is 37.0 Å². The molecule has 0 aliphatic carbocycles. The molecule has 2 N–H and O–H groups in total. The number of thiocarbonyl (C=S) groups is 1. The van der Waals surface area contributed by atoms with Crippen molar-refractivity contribution in [3.8, 4) is 0 Å². The number of benzene rings is 2. The predicted octanol–water partition coefficient (Wildman–Crippen LogP) is 4.12. The first kappa shape index (κ1) is 18.8. The first-order valence-electron chi connectivity index (χ1n) is 9.16. The highest BCUT2D eigenvalue weighted by molar-refractivity contribution is 7.80.